The van der Waals surface area contributed by atoms with Crippen molar-refractivity contribution in [1.29, 1.82) is 0 Å². The first-order valence-corrected chi connectivity index (χ1v) is 6.68. The fourth-order valence-electron chi connectivity index (χ4n) is 1.14. The molecule has 1 rings (SSSR count). The Morgan fingerprint density at radius 1 is 1.50 bits per heavy atom. The maximum atomic E-state index is 11.1. The highest BCUT2D eigenvalue weighted by atomic mass is 35.7. The molecule has 1 aromatic heterocycles. The van der Waals surface area contributed by atoms with E-state index in [9.17, 15) is 8.42 Å². The van der Waals surface area contributed by atoms with E-state index in [4.69, 9.17) is 22.3 Å². The van der Waals surface area contributed by atoms with Crippen molar-refractivity contribution in [3.05, 3.63) is 10.8 Å². The zero-order chi connectivity index (χ0) is 10.9. The van der Waals surface area contributed by atoms with Crippen LogP contribution in [0.5, 0.6) is 0 Å². The Labute approximate surface area is 92.0 Å². The van der Waals surface area contributed by atoms with E-state index in [1.165, 1.54) is 0 Å². The number of nitrogens with one attached hydrogen (secondary N) is 1. The molecule has 0 saturated carbocycles. The highest BCUT2D eigenvalue weighted by molar-refractivity contribution is 8.13. The van der Waals surface area contributed by atoms with Crippen molar-refractivity contribution in [2.45, 2.75) is 25.2 Å². The molecule has 0 saturated heterocycles. The van der Waals surface area contributed by atoms with Crippen molar-refractivity contribution in [1.82, 2.24) is 10.2 Å². The van der Waals surface area contributed by atoms with Crippen LogP contribution in [0.3, 0.4) is 0 Å². The third-order valence-corrected chi connectivity index (χ3v) is 3.38. The molecular weight excluding hydrogens is 247 g/mol. The van der Waals surface area contributed by atoms with Gasteiger partial charge in [-0.1, -0.05) is 25.4 Å². The van der Waals surface area contributed by atoms with Gasteiger partial charge in [0.1, 0.15) is 4.90 Å². The van der Waals surface area contributed by atoms with Gasteiger partial charge in [0.2, 0.25) is 0 Å². The summed E-state index contributed by atoms with van der Waals surface area (Å²) in [6.45, 7) is 3.92. The zero-order valence-corrected chi connectivity index (χ0v) is 10.0. The van der Waals surface area contributed by atoms with Gasteiger partial charge in [-0.2, -0.15) is 5.10 Å². The molecule has 0 atom stereocenters. The summed E-state index contributed by atoms with van der Waals surface area (Å²) in [6, 6.07) is 0. The van der Waals surface area contributed by atoms with E-state index in [-0.39, 0.29) is 10.0 Å². The van der Waals surface area contributed by atoms with Gasteiger partial charge < -0.3 is 0 Å². The molecule has 0 aliphatic rings. The third kappa shape index (κ3) is 2.62. The van der Waals surface area contributed by atoms with E-state index >= 15 is 0 Å². The summed E-state index contributed by atoms with van der Waals surface area (Å²) < 4.78 is 22.3. The van der Waals surface area contributed by atoms with Crippen LogP contribution in [0.4, 0.5) is 0 Å². The second-order valence-electron chi connectivity index (χ2n) is 3.36. The van der Waals surface area contributed by atoms with Crippen molar-refractivity contribution in [3.63, 3.8) is 0 Å². The lowest BCUT2D eigenvalue weighted by atomic mass is 10.1. The number of aromatic nitrogens is 2. The quantitative estimate of drug-likeness (QED) is 0.844. The van der Waals surface area contributed by atoms with Crippen LogP contribution >= 0.6 is 22.3 Å². The van der Waals surface area contributed by atoms with E-state index in [2.05, 4.69) is 10.2 Å². The van der Waals surface area contributed by atoms with Crippen LogP contribution in [0, 0.1) is 5.92 Å². The Kier molecular flexibility index (Phi) is 3.44. The molecule has 0 fully saturated rings. The average Bonchev–Trinajstić information content (AvgIpc) is 2.28. The molecule has 1 N–H and O–H groups in total. The molecule has 1 aromatic rings. The predicted octanol–water partition coefficient (Wildman–Crippen LogP) is 2.19. The van der Waals surface area contributed by atoms with Gasteiger partial charge in [0, 0.05) is 10.7 Å². The highest BCUT2D eigenvalue weighted by Gasteiger charge is 2.23. The minimum atomic E-state index is -3.82. The number of aromatic amines is 1. The Balaban J connectivity index is 3.20. The Morgan fingerprint density at radius 2 is 2.07 bits per heavy atom. The molecule has 0 spiro atoms. The van der Waals surface area contributed by atoms with Crippen molar-refractivity contribution >= 4 is 31.3 Å². The van der Waals surface area contributed by atoms with Gasteiger partial charge in [0.25, 0.3) is 9.05 Å². The van der Waals surface area contributed by atoms with Crippen LogP contribution in [-0.2, 0) is 15.5 Å². The second-order valence-corrected chi connectivity index (χ2v) is 6.22. The Morgan fingerprint density at radius 3 is 2.50 bits per heavy atom. The van der Waals surface area contributed by atoms with Crippen molar-refractivity contribution in [3.8, 4) is 0 Å². The van der Waals surface area contributed by atoms with Crippen LogP contribution in [0.2, 0.25) is 5.15 Å². The summed E-state index contributed by atoms with van der Waals surface area (Å²) in [5, 5.41) is 6.08. The number of hydrogen-bond donors (Lipinski definition) is 1. The van der Waals surface area contributed by atoms with Gasteiger partial charge in [-0.15, -0.1) is 0 Å². The van der Waals surface area contributed by atoms with Gasteiger partial charge in [0.05, 0.1) is 5.69 Å². The normalized spacial score (nSPS) is 12.4. The maximum Gasteiger partial charge on any atom is 0.266 e. The smallest absolute Gasteiger partial charge is 0.266 e. The standard InChI is InChI=1S/C7H10Cl2N2O2S/c1-4(2)3-5-6(14(9,12)13)7(8)11-10-5/h4H,3H2,1-2H3,(H,10,11). The molecule has 80 valence electrons. The van der Waals surface area contributed by atoms with Crippen LogP contribution in [-0.4, -0.2) is 18.6 Å². The maximum absolute atomic E-state index is 11.1. The zero-order valence-electron chi connectivity index (χ0n) is 7.71. The molecule has 7 heteroatoms. The van der Waals surface area contributed by atoms with Crippen LogP contribution < -0.4 is 0 Å². The van der Waals surface area contributed by atoms with Crippen molar-refractivity contribution < 1.29 is 8.42 Å². The molecule has 4 nitrogen and oxygen atoms in total. The minimum Gasteiger partial charge on any atom is -0.280 e. The topological polar surface area (TPSA) is 62.8 Å². The van der Waals surface area contributed by atoms with E-state index in [0.29, 0.717) is 18.0 Å². The Hall–Kier alpha value is -0.260. The summed E-state index contributed by atoms with van der Waals surface area (Å²) in [5.74, 6) is 0.295. The fourth-order valence-corrected chi connectivity index (χ4v) is 2.89. The summed E-state index contributed by atoms with van der Waals surface area (Å²) in [6.07, 6.45) is 0.543. The SMILES string of the molecule is CC(C)Cc1[nH]nc(Cl)c1S(=O)(=O)Cl. The lowest BCUT2D eigenvalue weighted by molar-refractivity contribution is 0.601. The molecular formula is C7H10Cl2N2O2S. The number of nitrogens with zero attached hydrogens (tertiary/aromatic N) is 1. The average molecular weight is 257 g/mol. The number of halogens is 2. The molecule has 1 heterocycles. The minimum absolute atomic E-state index is 0.101. The molecule has 14 heavy (non-hydrogen) atoms. The largest absolute Gasteiger partial charge is 0.280 e. The predicted molar refractivity (Wildman–Crippen MR) is 55.2 cm³/mol. The van der Waals surface area contributed by atoms with Gasteiger partial charge in [0.15, 0.2) is 5.15 Å². The molecule has 0 bridgehead atoms. The summed E-state index contributed by atoms with van der Waals surface area (Å²) >= 11 is 5.61. The number of hydrogen-bond acceptors (Lipinski definition) is 3. The van der Waals surface area contributed by atoms with Crippen LogP contribution in [0.1, 0.15) is 19.5 Å². The molecule has 0 amide bonds. The fraction of sp³-hybridized carbons (Fsp3) is 0.571. The first-order chi connectivity index (χ1) is 6.32. The van der Waals surface area contributed by atoms with E-state index < -0.39 is 9.05 Å². The highest BCUT2D eigenvalue weighted by Crippen LogP contribution is 2.27. The van der Waals surface area contributed by atoms with Crippen molar-refractivity contribution in [2.75, 3.05) is 0 Å². The molecule has 0 unspecified atom stereocenters. The van der Waals surface area contributed by atoms with Crippen LogP contribution in [0.15, 0.2) is 4.90 Å². The van der Waals surface area contributed by atoms with E-state index in [1.807, 2.05) is 13.8 Å². The van der Waals surface area contributed by atoms with Crippen LogP contribution in [0.25, 0.3) is 0 Å². The molecule has 0 aromatic carbocycles. The van der Waals surface area contributed by atoms with Crippen molar-refractivity contribution in [2.24, 2.45) is 5.92 Å². The summed E-state index contributed by atoms with van der Waals surface area (Å²) in [7, 11) is 1.40. The van der Waals surface area contributed by atoms with Gasteiger partial charge in [-0.3, -0.25) is 5.10 Å². The molecule has 0 radical (unpaired) electrons. The van der Waals surface area contributed by atoms with Gasteiger partial charge >= 0.3 is 0 Å². The summed E-state index contributed by atoms with van der Waals surface area (Å²) in [4.78, 5) is -0.102. The lowest BCUT2D eigenvalue weighted by Crippen LogP contribution is -2.00. The second kappa shape index (κ2) is 4.08. The van der Waals surface area contributed by atoms with Gasteiger partial charge in [-0.25, -0.2) is 8.42 Å². The molecule has 0 aliphatic carbocycles. The number of H-pyrrole nitrogens is 1. The van der Waals surface area contributed by atoms with E-state index in [0.717, 1.165) is 0 Å². The van der Waals surface area contributed by atoms with Gasteiger partial charge in [-0.05, 0) is 12.3 Å². The third-order valence-electron chi connectivity index (χ3n) is 1.61. The summed E-state index contributed by atoms with van der Waals surface area (Å²) in [5.41, 5.74) is 0.458. The first kappa shape index (κ1) is 11.8. The Bertz CT molecular complexity index is 425. The number of rotatable bonds is 3. The first-order valence-electron chi connectivity index (χ1n) is 3.99. The lowest BCUT2D eigenvalue weighted by Gasteiger charge is -2.02. The van der Waals surface area contributed by atoms with E-state index in [1.54, 1.807) is 0 Å². The molecule has 0 aliphatic heterocycles. The monoisotopic (exact) mass is 256 g/mol.